The van der Waals surface area contributed by atoms with E-state index in [1.54, 1.807) is 18.7 Å². The average molecular weight is 295 g/mol. The number of aliphatic hydroxyl groups excluding tert-OH is 1. The Balaban J connectivity index is 1.57. The summed E-state index contributed by atoms with van der Waals surface area (Å²) in [7, 11) is 0. The zero-order valence-electron chi connectivity index (χ0n) is 12.1. The first-order valence-corrected chi connectivity index (χ1v) is 7.41. The van der Waals surface area contributed by atoms with Crippen molar-refractivity contribution in [3.63, 3.8) is 0 Å². The fourth-order valence-corrected chi connectivity index (χ4v) is 3.16. The number of aromatic nitrogens is 4. The van der Waals surface area contributed by atoms with Crippen LogP contribution >= 0.6 is 0 Å². The maximum atomic E-state index is 10.4. The molecule has 2 N–H and O–H groups in total. The van der Waals surface area contributed by atoms with Gasteiger partial charge in [-0.15, -0.1) is 0 Å². The van der Waals surface area contributed by atoms with Gasteiger partial charge in [-0.05, 0) is 30.2 Å². The molecule has 2 atom stereocenters. The van der Waals surface area contributed by atoms with E-state index in [2.05, 4.69) is 24.8 Å². The minimum absolute atomic E-state index is 0.200. The number of hydrogen-bond acceptors (Lipinski definition) is 5. The third-order valence-electron chi connectivity index (χ3n) is 4.29. The van der Waals surface area contributed by atoms with Gasteiger partial charge >= 0.3 is 0 Å². The van der Waals surface area contributed by atoms with Crippen molar-refractivity contribution in [2.75, 3.05) is 18.0 Å². The van der Waals surface area contributed by atoms with Crippen LogP contribution in [0, 0.1) is 5.92 Å². The topological polar surface area (TPSA) is 77.9 Å². The van der Waals surface area contributed by atoms with E-state index in [9.17, 15) is 5.11 Å². The van der Waals surface area contributed by atoms with E-state index >= 15 is 0 Å². The van der Waals surface area contributed by atoms with Gasteiger partial charge in [-0.1, -0.05) is 0 Å². The molecule has 112 valence electrons. The number of pyridine rings is 1. The number of fused-ring (bicyclic) bond motifs is 1. The smallest absolute Gasteiger partial charge is 0.142 e. The molecule has 1 aliphatic heterocycles. The van der Waals surface area contributed by atoms with Crippen LogP contribution in [0.4, 0.5) is 5.82 Å². The van der Waals surface area contributed by atoms with E-state index in [4.69, 9.17) is 0 Å². The third-order valence-corrected chi connectivity index (χ3v) is 4.29. The Hall–Kier alpha value is -2.47. The molecule has 0 saturated carbocycles. The Kier molecular flexibility index (Phi) is 3.23. The molecule has 3 aromatic heterocycles. The molecule has 0 amide bonds. The number of nitrogens with one attached hydrogen (secondary N) is 1. The summed E-state index contributed by atoms with van der Waals surface area (Å²) in [4.78, 5) is 17.9. The minimum Gasteiger partial charge on any atom is -0.391 e. The van der Waals surface area contributed by atoms with E-state index in [1.165, 1.54) is 5.56 Å². The number of anilines is 1. The zero-order chi connectivity index (χ0) is 14.9. The second-order valence-corrected chi connectivity index (χ2v) is 5.73. The molecule has 4 heterocycles. The van der Waals surface area contributed by atoms with Gasteiger partial charge < -0.3 is 15.0 Å². The number of rotatable bonds is 3. The molecule has 3 aromatic rings. The molecule has 0 bridgehead atoms. The molecule has 0 aliphatic carbocycles. The van der Waals surface area contributed by atoms with Crippen molar-refractivity contribution in [2.45, 2.75) is 12.5 Å². The van der Waals surface area contributed by atoms with Crippen LogP contribution in [0.25, 0.3) is 11.0 Å². The molecular formula is C16H17N5O. The van der Waals surface area contributed by atoms with E-state index in [0.717, 1.165) is 29.8 Å². The Morgan fingerprint density at radius 2 is 2.05 bits per heavy atom. The summed E-state index contributed by atoms with van der Waals surface area (Å²) in [6.45, 7) is 1.40. The molecule has 0 aromatic carbocycles. The molecule has 6 heteroatoms. The minimum atomic E-state index is -0.350. The van der Waals surface area contributed by atoms with E-state index in [-0.39, 0.29) is 12.0 Å². The Labute approximate surface area is 127 Å². The Morgan fingerprint density at radius 3 is 2.91 bits per heavy atom. The van der Waals surface area contributed by atoms with Crippen LogP contribution < -0.4 is 4.90 Å². The third kappa shape index (κ3) is 2.31. The summed E-state index contributed by atoms with van der Waals surface area (Å²) in [5.74, 6) is 1.09. The van der Waals surface area contributed by atoms with Gasteiger partial charge in [-0.3, -0.25) is 4.98 Å². The maximum Gasteiger partial charge on any atom is 0.142 e. The van der Waals surface area contributed by atoms with Gasteiger partial charge in [0.2, 0.25) is 0 Å². The van der Waals surface area contributed by atoms with Crippen molar-refractivity contribution in [3.05, 3.63) is 48.7 Å². The van der Waals surface area contributed by atoms with Crippen molar-refractivity contribution >= 4 is 16.9 Å². The Bertz CT molecular complexity index is 772. The van der Waals surface area contributed by atoms with Crippen molar-refractivity contribution in [1.29, 1.82) is 0 Å². The molecule has 0 radical (unpaired) electrons. The molecule has 1 saturated heterocycles. The van der Waals surface area contributed by atoms with Gasteiger partial charge in [-0.2, -0.15) is 0 Å². The fourth-order valence-electron chi connectivity index (χ4n) is 3.16. The quantitative estimate of drug-likeness (QED) is 0.763. The fraction of sp³-hybridized carbons (Fsp3) is 0.312. The van der Waals surface area contributed by atoms with Crippen LogP contribution in [0.1, 0.15) is 5.56 Å². The van der Waals surface area contributed by atoms with Crippen molar-refractivity contribution in [3.8, 4) is 0 Å². The van der Waals surface area contributed by atoms with Crippen LogP contribution in [-0.4, -0.2) is 44.2 Å². The highest BCUT2D eigenvalue weighted by molar-refractivity contribution is 5.87. The first-order chi connectivity index (χ1) is 10.8. The lowest BCUT2D eigenvalue weighted by Crippen LogP contribution is -2.22. The highest BCUT2D eigenvalue weighted by Gasteiger charge is 2.32. The number of aliphatic hydroxyl groups is 1. The number of aromatic amines is 1. The predicted octanol–water partition coefficient (Wildman–Crippen LogP) is 1.39. The molecular weight excluding hydrogens is 278 g/mol. The van der Waals surface area contributed by atoms with Gasteiger partial charge in [0.1, 0.15) is 17.8 Å². The van der Waals surface area contributed by atoms with E-state index in [0.29, 0.717) is 6.54 Å². The lowest BCUT2D eigenvalue weighted by molar-refractivity contribution is 0.148. The summed E-state index contributed by atoms with van der Waals surface area (Å²) in [6.07, 6.45) is 7.52. The second kappa shape index (κ2) is 5.38. The molecule has 1 aliphatic rings. The van der Waals surface area contributed by atoms with Crippen molar-refractivity contribution < 1.29 is 5.11 Å². The summed E-state index contributed by atoms with van der Waals surface area (Å²) in [5, 5.41) is 11.4. The SMILES string of the molecule is O[C@H]1CN(c2ncnc3[nH]ccc23)C[C@H]1Cc1ccncc1. The zero-order valence-corrected chi connectivity index (χ0v) is 12.1. The van der Waals surface area contributed by atoms with Crippen LogP contribution in [0.3, 0.4) is 0 Å². The summed E-state index contributed by atoms with van der Waals surface area (Å²) < 4.78 is 0. The van der Waals surface area contributed by atoms with Gasteiger partial charge in [0.15, 0.2) is 0 Å². The molecule has 6 nitrogen and oxygen atoms in total. The largest absolute Gasteiger partial charge is 0.391 e. The first-order valence-electron chi connectivity index (χ1n) is 7.41. The molecule has 0 spiro atoms. The molecule has 22 heavy (non-hydrogen) atoms. The van der Waals surface area contributed by atoms with E-state index in [1.807, 2.05) is 24.4 Å². The van der Waals surface area contributed by atoms with Gasteiger partial charge in [-0.25, -0.2) is 9.97 Å². The first kappa shape index (κ1) is 13.2. The highest BCUT2D eigenvalue weighted by Crippen LogP contribution is 2.29. The second-order valence-electron chi connectivity index (χ2n) is 5.73. The van der Waals surface area contributed by atoms with Gasteiger partial charge in [0.05, 0.1) is 11.5 Å². The van der Waals surface area contributed by atoms with E-state index < -0.39 is 0 Å². The predicted molar refractivity (Wildman–Crippen MR) is 83.5 cm³/mol. The van der Waals surface area contributed by atoms with Crippen LogP contribution in [0.2, 0.25) is 0 Å². The number of β-amino-alcohol motifs (C(OH)–C–C–N with tert-alkyl or cyclic N) is 1. The van der Waals surface area contributed by atoms with Gasteiger partial charge in [0, 0.05) is 37.6 Å². The molecule has 4 rings (SSSR count). The highest BCUT2D eigenvalue weighted by atomic mass is 16.3. The molecule has 0 unspecified atom stereocenters. The summed E-state index contributed by atoms with van der Waals surface area (Å²) in [5.41, 5.74) is 2.03. The maximum absolute atomic E-state index is 10.4. The van der Waals surface area contributed by atoms with Crippen molar-refractivity contribution in [2.24, 2.45) is 5.92 Å². The van der Waals surface area contributed by atoms with Crippen LogP contribution in [-0.2, 0) is 6.42 Å². The summed E-state index contributed by atoms with van der Waals surface area (Å²) >= 11 is 0. The van der Waals surface area contributed by atoms with Gasteiger partial charge in [0.25, 0.3) is 0 Å². The standard InChI is InChI=1S/C16H17N5O/c22-14-9-21(8-12(14)7-11-1-4-17-5-2-11)16-13-3-6-18-15(13)19-10-20-16/h1-6,10,12,14,22H,7-9H2,(H,18,19,20)/t12-,14+/m1/s1. The number of nitrogens with zero attached hydrogens (tertiary/aromatic N) is 4. The number of H-pyrrole nitrogens is 1. The molecule has 1 fully saturated rings. The monoisotopic (exact) mass is 295 g/mol. The Morgan fingerprint density at radius 1 is 1.18 bits per heavy atom. The van der Waals surface area contributed by atoms with Crippen LogP contribution in [0.5, 0.6) is 0 Å². The van der Waals surface area contributed by atoms with Crippen LogP contribution in [0.15, 0.2) is 43.1 Å². The average Bonchev–Trinajstić information content (AvgIpc) is 3.15. The lowest BCUT2D eigenvalue weighted by Gasteiger charge is -2.17. The number of hydrogen-bond donors (Lipinski definition) is 2. The van der Waals surface area contributed by atoms with Crippen molar-refractivity contribution in [1.82, 2.24) is 19.9 Å². The normalized spacial score (nSPS) is 21.6. The lowest BCUT2D eigenvalue weighted by atomic mass is 9.97. The summed E-state index contributed by atoms with van der Waals surface area (Å²) in [6, 6.07) is 5.99.